The van der Waals surface area contributed by atoms with Gasteiger partial charge in [-0.2, -0.15) is 0 Å². The van der Waals surface area contributed by atoms with E-state index in [2.05, 4.69) is 46.1 Å². The van der Waals surface area contributed by atoms with Gasteiger partial charge in [-0.1, -0.05) is 0 Å². The van der Waals surface area contributed by atoms with Crippen LogP contribution in [0.1, 0.15) is 12.5 Å². The van der Waals surface area contributed by atoms with Crippen molar-refractivity contribution in [3.8, 4) is 0 Å². The van der Waals surface area contributed by atoms with Gasteiger partial charge in [0.1, 0.15) is 0 Å². The van der Waals surface area contributed by atoms with Crippen LogP contribution in [-0.2, 0) is 6.42 Å². The van der Waals surface area contributed by atoms with Crippen LogP contribution in [0.5, 0.6) is 0 Å². The first-order chi connectivity index (χ1) is 9.36. The van der Waals surface area contributed by atoms with Gasteiger partial charge in [0.05, 0.1) is 5.69 Å². The molecule has 0 aliphatic carbocycles. The molecular formula is C15H18N4. The van der Waals surface area contributed by atoms with Crippen molar-refractivity contribution >= 4 is 22.9 Å². The molecule has 1 aromatic heterocycles. The monoisotopic (exact) mass is 254 g/mol. The van der Waals surface area contributed by atoms with Gasteiger partial charge in [-0.25, -0.2) is 4.98 Å². The second kappa shape index (κ2) is 5.18. The van der Waals surface area contributed by atoms with Crippen molar-refractivity contribution < 1.29 is 0 Å². The Bertz CT molecular complexity index is 580. The summed E-state index contributed by atoms with van der Waals surface area (Å²) < 4.78 is 0. The summed E-state index contributed by atoms with van der Waals surface area (Å²) in [4.78, 5) is 4.40. The van der Waals surface area contributed by atoms with E-state index in [0.29, 0.717) is 0 Å². The van der Waals surface area contributed by atoms with Crippen LogP contribution in [0.3, 0.4) is 0 Å². The lowest BCUT2D eigenvalue weighted by atomic mass is 10.1. The fraction of sp³-hybridized carbons (Fsp3) is 0.267. The average Bonchev–Trinajstić information content (AvgIpc) is 2.89. The first-order valence-electron chi connectivity index (χ1n) is 6.69. The van der Waals surface area contributed by atoms with Crippen LogP contribution in [0.2, 0.25) is 0 Å². The summed E-state index contributed by atoms with van der Waals surface area (Å²) in [6.45, 7) is 4.00. The molecule has 0 fully saturated rings. The lowest BCUT2D eigenvalue weighted by molar-refractivity contribution is 1.11. The highest BCUT2D eigenvalue weighted by Gasteiger charge is 2.10. The molecule has 0 unspecified atom stereocenters. The fourth-order valence-corrected chi connectivity index (χ4v) is 2.36. The van der Waals surface area contributed by atoms with Crippen LogP contribution in [-0.4, -0.2) is 18.1 Å². The standard InChI is InChI=1S/C15H18N4/c1-2-16-14-4-3-8-18-15(14)19-12-5-6-13-11(10-12)7-9-17-13/h3-6,8,10,16-17H,2,7,9H2,1H3,(H,18,19). The van der Waals surface area contributed by atoms with Crippen LogP contribution < -0.4 is 16.0 Å². The lowest BCUT2D eigenvalue weighted by Gasteiger charge is -2.12. The Morgan fingerprint density at radius 2 is 2.26 bits per heavy atom. The van der Waals surface area contributed by atoms with Crippen molar-refractivity contribution in [3.63, 3.8) is 0 Å². The van der Waals surface area contributed by atoms with Gasteiger partial charge in [0.25, 0.3) is 0 Å². The molecule has 0 saturated carbocycles. The molecule has 98 valence electrons. The Labute approximate surface area is 113 Å². The van der Waals surface area contributed by atoms with E-state index in [4.69, 9.17) is 0 Å². The highest BCUT2D eigenvalue weighted by molar-refractivity contribution is 5.72. The predicted molar refractivity (Wildman–Crippen MR) is 80.3 cm³/mol. The van der Waals surface area contributed by atoms with E-state index >= 15 is 0 Å². The number of pyridine rings is 1. The highest BCUT2D eigenvalue weighted by atomic mass is 15.0. The Hall–Kier alpha value is -2.23. The van der Waals surface area contributed by atoms with Gasteiger partial charge in [0, 0.05) is 30.7 Å². The second-order valence-electron chi connectivity index (χ2n) is 4.60. The molecule has 0 saturated heterocycles. The van der Waals surface area contributed by atoms with E-state index < -0.39 is 0 Å². The molecule has 4 nitrogen and oxygen atoms in total. The average molecular weight is 254 g/mol. The molecule has 0 spiro atoms. The third-order valence-electron chi connectivity index (χ3n) is 3.25. The molecule has 0 radical (unpaired) electrons. The molecule has 3 N–H and O–H groups in total. The largest absolute Gasteiger partial charge is 0.384 e. The number of aromatic nitrogens is 1. The minimum Gasteiger partial charge on any atom is -0.384 e. The number of benzene rings is 1. The zero-order valence-electron chi connectivity index (χ0n) is 11.0. The molecule has 19 heavy (non-hydrogen) atoms. The molecule has 2 aromatic rings. The Balaban J connectivity index is 1.85. The van der Waals surface area contributed by atoms with E-state index in [1.807, 2.05) is 12.1 Å². The summed E-state index contributed by atoms with van der Waals surface area (Å²) in [5.74, 6) is 0.871. The van der Waals surface area contributed by atoms with E-state index in [0.717, 1.165) is 36.7 Å². The summed E-state index contributed by atoms with van der Waals surface area (Å²) in [7, 11) is 0. The summed E-state index contributed by atoms with van der Waals surface area (Å²) in [5, 5.41) is 10.1. The van der Waals surface area contributed by atoms with Gasteiger partial charge in [-0.15, -0.1) is 0 Å². The number of hydrogen-bond acceptors (Lipinski definition) is 4. The zero-order chi connectivity index (χ0) is 13.1. The van der Waals surface area contributed by atoms with Gasteiger partial charge in [-0.3, -0.25) is 0 Å². The van der Waals surface area contributed by atoms with Crippen molar-refractivity contribution in [1.82, 2.24) is 4.98 Å². The number of anilines is 4. The minimum atomic E-state index is 0.871. The van der Waals surface area contributed by atoms with Gasteiger partial charge in [0.2, 0.25) is 0 Å². The maximum absolute atomic E-state index is 4.40. The molecule has 3 rings (SSSR count). The molecule has 4 heteroatoms. The SMILES string of the molecule is CCNc1cccnc1Nc1ccc2c(c1)CCN2. The smallest absolute Gasteiger partial charge is 0.153 e. The first kappa shape index (κ1) is 11.8. The zero-order valence-corrected chi connectivity index (χ0v) is 11.0. The normalized spacial score (nSPS) is 12.7. The van der Waals surface area contributed by atoms with Crippen molar-refractivity contribution in [2.75, 3.05) is 29.0 Å². The van der Waals surface area contributed by atoms with Crippen molar-refractivity contribution in [2.24, 2.45) is 0 Å². The van der Waals surface area contributed by atoms with Gasteiger partial charge >= 0.3 is 0 Å². The number of rotatable bonds is 4. The molecule has 1 aliphatic rings. The van der Waals surface area contributed by atoms with Crippen LogP contribution in [0.15, 0.2) is 36.5 Å². The molecule has 0 atom stereocenters. The minimum absolute atomic E-state index is 0.871. The Morgan fingerprint density at radius 3 is 3.16 bits per heavy atom. The second-order valence-corrected chi connectivity index (χ2v) is 4.60. The molecular weight excluding hydrogens is 236 g/mol. The van der Waals surface area contributed by atoms with Gasteiger partial charge in [-0.05, 0) is 49.2 Å². The molecule has 2 heterocycles. The first-order valence-corrected chi connectivity index (χ1v) is 6.69. The van der Waals surface area contributed by atoms with Crippen LogP contribution in [0.25, 0.3) is 0 Å². The Kier molecular flexibility index (Phi) is 3.23. The summed E-state index contributed by atoms with van der Waals surface area (Å²) in [5.41, 5.74) is 4.73. The van der Waals surface area contributed by atoms with Crippen LogP contribution in [0, 0.1) is 0 Å². The van der Waals surface area contributed by atoms with Crippen LogP contribution in [0.4, 0.5) is 22.9 Å². The van der Waals surface area contributed by atoms with E-state index in [9.17, 15) is 0 Å². The van der Waals surface area contributed by atoms with E-state index in [1.54, 1.807) is 6.20 Å². The number of nitrogens with zero attached hydrogens (tertiary/aromatic N) is 1. The van der Waals surface area contributed by atoms with E-state index in [1.165, 1.54) is 11.3 Å². The third-order valence-corrected chi connectivity index (χ3v) is 3.25. The van der Waals surface area contributed by atoms with Crippen molar-refractivity contribution in [2.45, 2.75) is 13.3 Å². The molecule has 1 aromatic carbocycles. The highest BCUT2D eigenvalue weighted by Crippen LogP contribution is 2.28. The maximum Gasteiger partial charge on any atom is 0.153 e. The van der Waals surface area contributed by atoms with Crippen molar-refractivity contribution in [1.29, 1.82) is 0 Å². The van der Waals surface area contributed by atoms with E-state index in [-0.39, 0.29) is 0 Å². The number of fused-ring (bicyclic) bond motifs is 1. The van der Waals surface area contributed by atoms with Gasteiger partial charge in [0.15, 0.2) is 5.82 Å². The summed E-state index contributed by atoms with van der Waals surface area (Å²) in [6, 6.07) is 10.4. The Morgan fingerprint density at radius 1 is 1.32 bits per heavy atom. The molecule has 1 aliphatic heterocycles. The lowest BCUT2D eigenvalue weighted by Crippen LogP contribution is -2.02. The quantitative estimate of drug-likeness (QED) is 0.784. The molecule has 0 amide bonds. The van der Waals surface area contributed by atoms with Gasteiger partial charge < -0.3 is 16.0 Å². The number of nitrogens with one attached hydrogen (secondary N) is 3. The van der Waals surface area contributed by atoms with Crippen LogP contribution >= 0.6 is 0 Å². The topological polar surface area (TPSA) is 49.0 Å². The summed E-state index contributed by atoms with van der Waals surface area (Å²) >= 11 is 0. The predicted octanol–water partition coefficient (Wildman–Crippen LogP) is 3.23. The number of hydrogen-bond donors (Lipinski definition) is 3. The van der Waals surface area contributed by atoms with Crippen molar-refractivity contribution in [3.05, 3.63) is 42.1 Å². The third kappa shape index (κ3) is 2.47. The fourth-order valence-electron chi connectivity index (χ4n) is 2.36. The summed E-state index contributed by atoms with van der Waals surface area (Å²) in [6.07, 6.45) is 2.89. The maximum atomic E-state index is 4.40. The molecule has 0 bridgehead atoms.